The summed E-state index contributed by atoms with van der Waals surface area (Å²) in [6, 6.07) is 9.81. The van der Waals surface area contributed by atoms with Crippen LogP contribution in [-0.2, 0) is 10.8 Å². The molecule has 1 saturated heterocycles. The lowest BCUT2D eigenvalue weighted by atomic mass is 10.1. The zero-order chi connectivity index (χ0) is 12.6. The molecule has 1 heterocycles. The van der Waals surface area contributed by atoms with Crippen molar-refractivity contribution in [2.24, 2.45) is 0 Å². The topological polar surface area (TPSA) is 20.3 Å². The maximum Gasteiger partial charge on any atom is 0.0529 e. The van der Waals surface area contributed by atoms with Crippen molar-refractivity contribution >= 4 is 23.2 Å². The summed E-state index contributed by atoms with van der Waals surface area (Å²) in [4.78, 5) is 3.52. The van der Waals surface area contributed by atoms with Crippen LogP contribution in [0.15, 0.2) is 35.2 Å². The Hall–Kier alpha value is -0.380. The van der Waals surface area contributed by atoms with E-state index in [9.17, 15) is 4.21 Å². The quantitative estimate of drug-likeness (QED) is 0.750. The number of benzene rings is 1. The molecule has 0 bridgehead atoms. The van der Waals surface area contributed by atoms with E-state index in [-0.39, 0.29) is 12.4 Å². The first-order chi connectivity index (χ1) is 8.86. The standard InChI is InChI=1S/C15H23NOS.ClH/c17-18(15-9-3-1-4-10-15)14-8-7-13-16-11-5-2-6-12-16;/h1,3-4,9-10H,2,5-8,11-14H2;1H. The van der Waals surface area contributed by atoms with E-state index < -0.39 is 10.8 Å². The Balaban J connectivity index is 0.00000180. The molecule has 0 radical (unpaired) electrons. The summed E-state index contributed by atoms with van der Waals surface area (Å²) >= 11 is 0. The Morgan fingerprint density at radius 3 is 2.37 bits per heavy atom. The minimum atomic E-state index is -0.808. The lowest BCUT2D eigenvalue weighted by molar-refractivity contribution is 0.226. The molecule has 1 aliphatic heterocycles. The fourth-order valence-electron chi connectivity index (χ4n) is 2.44. The van der Waals surface area contributed by atoms with Gasteiger partial charge in [0, 0.05) is 10.6 Å². The van der Waals surface area contributed by atoms with E-state index in [1.165, 1.54) is 45.3 Å². The molecule has 4 heteroatoms. The highest BCUT2D eigenvalue weighted by molar-refractivity contribution is 7.85. The first kappa shape index (κ1) is 16.7. The molecule has 0 aliphatic carbocycles. The Morgan fingerprint density at radius 1 is 1.00 bits per heavy atom. The first-order valence-electron chi connectivity index (χ1n) is 7.02. The maximum atomic E-state index is 12.0. The number of hydrogen-bond donors (Lipinski definition) is 0. The molecule has 0 aromatic heterocycles. The van der Waals surface area contributed by atoms with Crippen molar-refractivity contribution in [1.29, 1.82) is 0 Å². The van der Waals surface area contributed by atoms with E-state index in [1.54, 1.807) is 0 Å². The fourth-order valence-corrected chi connectivity index (χ4v) is 3.60. The summed E-state index contributed by atoms with van der Waals surface area (Å²) in [5.74, 6) is 0.803. The average molecular weight is 302 g/mol. The second-order valence-electron chi connectivity index (χ2n) is 4.97. The summed E-state index contributed by atoms with van der Waals surface area (Å²) in [6.45, 7) is 3.72. The molecule has 2 nitrogen and oxygen atoms in total. The SMILES string of the molecule is Cl.O=S(CCCCN1CCCCC1)c1ccccc1. The van der Waals surface area contributed by atoms with Crippen LogP contribution in [0.25, 0.3) is 0 Å². The average Bonchev–Trinajstić information content (AvgIpc) is 2.45. The van der Waals surface area contributed by atoms with Gasteiger partial charge in [-0.15, -0.1) is 12.4 Å². The molecule has 108 valence electrons. The van der Waals surface area contributed by atoms with Crippen LogP contribution in [0.2, 0.25) is 0 Å². The maximum absolute atomic E-state index is 12.0. The lowest BCUT2D eigenvalue weighted by Gasteiger charge is -2.26. The van der Waals surface area contributed by atoms with Crippen LogP contribution < -0.4 is 0 Å². The van der Waals surface area contributed by atoms with Gasteiger partial charge in [-0.3, -0.25) is 4.21 Å². The van der Waals surface area contributed by atoms with E-state index in [4.69, 9.17) is 0 Å². The second-order valence-corrected chi connectivity index (χ2v) is 6.54. The molecule has 0 saturated carbocycles. The Kier molecular flexibility index (Phi) is 8.35. The number of halogens is 1. The smallest absolute Gasteiger partial charge is 0.0529 e. The van der Waals surface area contributed by atoms with E-state index in [2.05, 4.69) is 4.90 Å². The summed E-state index contributed by atoms with van der Waals surface area (Å²) in [5, 5.41) is 0. The van der Waals surface area contributed by atoms with Crippen molar-refractivity contribution < 1.29 is 4.21 Å². The first-order valence-corrected chi connectivity index (χ1v) is 8.34. The molecular formula is C15H24ClNOS. The highest BCUT2D eigenvalue weighted by Crippen LogP contribution is 2.11. The van der Waals surface area contributed by atoms with E-state index in [0.717, 1.165) is 17.1 Å². The Bertz CT molecular complexity index is 366. The molecule has 0 N–H and O–H groups in total. The molecule has 1 atom stereocenters. The van der Waals surface area contributed by atoms with Crippen LogP contribution in [0.3, 0.4) is 0 Å². The summed E-state index contributed by atoms with van der Waals surface area (Å²) in [5.41, 5.74) is 0. The monoisotopic (exact) mass is 301 g/mol. The van der Waals surface area contributed by atoms with Crippen LogP contribution in [0.5, 0.6) is 0 Å². The van der Waals surface area contributed by atoms with E-state index >= 15 is 0 Å². The van der Waals surface area contributed by atoms with Gasteiger partial charge in [0.25, 0.3) is 0 Å². The van der Waals surface area contributed by atoms with Crippen molar-refractivity contribution in [1.82, 2.24) is 4.90 Å². The molecule has 0 amide bonds. The van der Waals surface area contributed by atoms with Crippen LogP contribution in [-0.4, -0.2) is 34.5 Å². The van der Waals surface area contributed by atoms with Crippen molar-refractivity contribution in [2.45, 2.75) is 37.0 Å². The van der Waals surface area contributed by atoms with E-state index in [0.29, 0.717) is 0 Å². The Morgan fingerprint density at radius 2 is 1.68 bits per heavy atom. The van der Waals surface area contributed by atoms with Crippen LogP contribution in [0.4, 0.5) is 0 Å². The third kappa shape index (κ3) is 6.07. The number of nitrogens with zero attached hydrogens (tertiary/aromatic N) is 1. The molecule has 1 aliphatic rings. The molecular weight excluding hydrogens is 278 g/mol. The lowest BCUT2D eigenvalue weighted by Crippen LogP contribution is -2.30. The van der Waals surface area contributed by atoms with Gasteiger partial charge in [-0.05, 0) is 57.5 Å². The third-order valence-corrected chi connectivity index (χ3v) is 4.97. The number of piperidine rings is 1. The van der Waals surface area contributed by atoms with Crippen molar-refractivity contribution in [3.05, 3.63) is 30.3 Å². The minimum absolute atomic E-state index is 0. The summed E-state index contributed by atoms with van der Waals surface area (Å²) in [6.07, 6.45) is 6.36. The van der Waals surface area contributed by atoms with Crippen molar-refractivity contribution in [3.8, 4) is 0 Å². The van der Waals surface area contributed by atoms with Gasteiger partial charge < -0.3 is 4.90 Å². The molecule has 0 spiro atoms. The predicted molar refractivity (Wildman–Crippen MR) is 84.5 cm³/mol. The number of rotatable bonds is 6. The molecule has 1 aromatic carbocycles. The third-order valence-electron chi connectivity index (χ3n) is 3.51. The number of likely N-dealkylation sites (tertiary alicyclic amines) is 1. The van der Waals surface area contributed by atoms with Gasteiger partial charge in [-0.25, -0.2) is 0 Å². The van der Waals surface area contributed by atoms with Gasteiger partial charge >= 0.3 is 0 Å². The van der Waals surface area contributed by atoms with Gasteiger partial charge in [0.2, 0.25) is 0 Å². The molecule has 1 unspecified atom stereocenters. The fraction of sp³-hybridized carbons (Fsp3) is 0.600. The molecule has 19 heavy (non-hydrogen) atoms. The Labute approximate surface area is 125 Å². The minimum Gasteiger partial charge on any atom is -0.303 e. The van der Waals surface area contributed by atoms with Gasteiger partial charge in [0.1, 0.15) is 0 Å². The van der Waals surface area contributed by atoms with Crippen molar-refractivity contribution in [2.75, 3.05) is 25.4 Å². The molecule has 1 aromatic rings. The highest BCUT2D eigenvalue weighted by Gasteiger charge is 2.09. The summed E-state index contributed by atoms with van der Waals surface area (Å²) < 4.78 is 12.0. The molecule has 2 rings (SSSR count). The zero-order valence-corrected chi connectivity index (χ0v) is 13.1. The van der Waals surface area contributed by atoms with Crippen molar-refractivity contribution in [3.63, 3.8) is 0 Å². The number of unbranched alkanes of at least 4 members (excludes halogenated alkanes) is 1. The van der Waals surface area contributed by atoms with Crippen LogP contribution in [0.1, 0.15) is 32.1 Å². The van der Waals surface area contributed by atoms with Crippen LogP contribution in [0, 0.1) is 0 Å². The number of hydrogen-bond acceptors (Lipinski definition) is 2. The van der Waals surface area contributed by atoms with E-state index in [1.807, 2.05) is 30.3 Å². The second kappa shape index (κ2) is 9.51. The molecule has 1 fully saturated rings. The highest BCUT2D eigenvalue weighted by atomic mass is 35.5. The summed E-state index contributed by atoms with van der Waals surface area (Å²) in [7, 11) is -0.808. The van der Waals surface area contributed by atoms with Gasteiger partial charge in [0.05, 0.1) is 10.8 Å². The predicted octanol–water partition coefficient (Wildman–Crippen LogP) is 3.48. The largest absolute Gasteiger partial charge is 0.303 e. The van der Waals surface area contributed by atoms with Crippen LogP contribution >= 0.6 is 12.4 Å². The van der Waals surface area contributed by atoms with Gasteiger partial charge in [0.15, 0.2) is 0 Å². The van der Waals surface area contributed by atoms with Gasteiger partial charge in [-0.2, -0.15) is 0 Å². The normalized spacial score (nSPS) is 17.7. The van der Waals surface area contributed by atoms with Gasteiger partial charge in [-0.1, -0.05) is 24.6 Å². The zero-order valence-electron chi connectivity index (χ0n) is 11.4.